The fourth-order valence-corrected chi connectivity index (χ4v) is 10.7. The summed E-state index contributed by atoms with van der Waals surface area (Å²) < 4.78 is 18.6. The SMILES string of the molecule is COc1cc(N2CCC(CN3CCC4(CC3)COc3cc5c(cc34)CN(C3CCC(=O)NC3=O)C5=O)CC2)ccc1C1c2ccc(O)cc2OCC1c1ccccc1. The lowest BCUT2D eigenvalue weighted by Gasteiger charge is -2.41. The number of anilines is 1. The van der Waals surface area contributed by atoms with Crippen molar-refractivity contribution in [3.05, 3.63) is 112 Å². The van der Waals surface area contributed by atoms with Crippen LogP contribution in [0.25, 0.3) is 0 Å². The van der Waals surface area contributed by atoms with E-state index < -0.39 is 6.04 Å². The van der Waals surface area contributed by atoms with Crippen LogP contribution in [0.15, 0.2) is 78.9 Å². The lowest BCUT2D eigenvalue weighted by Crippen LogP contribution is -2.52. The molecule has 3 unspecified atom stereocenters. The third-order valence-corrected chi connectivity index (χ3v) is 13.9. The zero-order valence-electron chi connectivity index (χ0n) is 33.0. The highest BCUT2D eigenvalue weighted by atomic mass is 16.5. The van der Waals surface area contributed by atoms with Gasteiger partial charge in [0.05, 0.1) is 20.3 Å². The Bertz CT molecular complexity index is 2260. The molecule has 1 spiro atoms. The Morgan fingerprint density at radius 1 is 0.862 bits per heavy atom. The molecule has 6 aliphatic heterocycles. The summed E-state index contributed by atoms with van der Waals surface area (Å²) in [5, 5.41) is 12.6. The average Bonchev–Trinajstić information content (AvgIpc) is 3.76. The van der Waals surface area contributed by atoms with Crippen molar-refractivity contribution in [2.45, 2.75) is 68.4 Å². The van der Waals surface area contributed by atoms with Gasteiger partial charge in [-0.3, -0.25) is 19.7 Å². The van der Waals surface area contributed by atoms with E-state index in [4.69, 9.17) is 14.2 Å². The molecule has 6 aliphatic rings. The summed E-state index contributed by atoms with van der Waals surface area (Å²) in [7, 11) is 1.76. The van der Waals surface area contributed by atoms with E-state index in [-0.39, 0.29) is 47.1 Å². The summed E-state index contributed by atoms with van der Waals surface area (Å²) in [4.78, 5) is 44.5. The van der Waals surface area contributed by atoms with Gasteiger partial charge in [0.1, 0.15) is 29.0 Å². The number of benzene rings is 4. The maximum absolute atomic E-state index is 13.4. The molecule has 4 aromatic rings. The molecule has 0 bridgehead atoms. The number of methoxy groups -OCH3 is 1. The fraction of sp³-hybridized carbons (Fsp3) is 0.426. The predicted octanol–water partition coefficient (Wildman–Crippen LogP) is 6.11. The lowest BCUT2D eigenvalue weighted by atomic mass is 9.73. The molecule has 11 heteroatoms. The number of piperidine rings is 3. The summed E-state index contributed by atoms with van der Waals surface area (Å²) in [5.74, 6) is 2.51. The van der Waals surface area contributed by atoms with Crippen LogP contribution in [0.1, 0.15) is 88.5 Å². The van der Waals surface area contributed by atoms with Gasteiger partial charge in [-0.15, -0.1) is 0 Å². The molecule has 4 aromatic carbocycles. The summed E-state index contributed by atoms with van der Waals surface area (Å²) in [6.45, 7) is 6.66. The number of carbonyl (C=O) groups excluding carboxylic acids is 3. The standard InChI is InChI=1S/C47H50N4O7/c1-56-40-22-32(7-9-34(40)44-35-10-8-33(52)23-41(35)57-27-37(44)30-5-3-2-4-6-30)50-17-13-29(14-18-50)25-49-19-15-47(16-20-49)28-58-42-24-36-31(21-38(42)47)26-51(46(36)55)39-11-12-43(53)48-45(39)54/h2-10,21-24,29,37,39,44,52H,11-20,25-28H2,1H3,(H,48,53,54). The van der Waals surface area contributed by atoms with Crippen LogP contribution in [0.5, 0.6) is 23.0 Å². The van der Waals surface area contributed by atoms with Gasteiger partial charge in [-0.05, 0) is 86.5 Å². The molecule has 3 saturated heterocycles. The van der Waals surface area contributed by atoms with Crippen molar-refractivity contribution in [2.24, 2.45) is 5.92 Å². The molecule has 58 heavy (non-hydrogen) atoms. The summed E-state index contributed by atoms with van der Waals surface area (Å²) in [5.41, 5.74) is 7.28. The molecule has 0 aliphatic carbocycles. The van der Waals surface area contributed by atoms with Gasteiger partial charge in [0.25, 0.3) is 5.91 Å². The average molecular weight is 783 g/mol. The molecular formula is C47H50N4O7. The van der Waals surface area contributed by atoms with Gasteiger partial charge < -0.3 is 34.0 Å². The van der Waals surface area contributed by atoms with Crippen molar-refractivity contribution >= 4 is 23.4 Å². The number of rotatable bonds is 7. The summed E-state index contributed by atoms with van der Waals surface area (Å²) in [6, 6.07) is 26.1. The maximum Gasteiger partial charge on any atom is 0.255 e. The van der Waals surface area contributed by atoms with Gasteiger partial charge in [0.2, 0.25) is 11.8 Å². The molecule has 0 saturated carbocycles. The van der Waals surface area contributed by atoms with E-state index >= 15 is 0 Å². The molecule has 3 fully saturated rings. The number of phenols is 1. The summed E-state index contributed by atoms with van der Waals surface area (Å²) in [6.07, 6.45) is 4.90. The Hall–Kier alpha value is -5.55. The maximum atomic E-state index is 13.4. The molecule has 2 N–H and O–H groups in total. The molecule has 0 aromatic heterocycles. The number of imide groups is 1. The van der Waals surface area contributed by atoms with E-state index in [1.807, 2.05) is 18.2 Å². The van der Waals surface area contributed by atoms with E-state index in [2.05, 4.69) is 63.6 Å². The predicted molar refractivity (Wildman–Crippen MR) is 218 cm³/mol. The molecule has 10 rings (SSSR count). The molecule has 6 heterocycles. The van der Waals surface area contributed by atoms with Gasteiger partial charge in [0, 0.05) is 89.9 Å². The first-order valence-corrected chi connectivity index (χ1v) is 20.9. The monoisotopic (exact) mass is 782 g/mol. The van der Waals surface area contributed by atoms with Crippen LogP contribution in [0.2, 0.25) is 0 Å². The van der Waals surface area contributed by atoms with Crippen molar-refractivity contribution < 1.29 is 33.7 Å². The van der Waals surface area contributed by atoms with Crippen molar-refractivity contribution in [1.82, 2.24) is 15.1 Å². The lowest BCUT2D eigenvalue weighted by molar-refractivity contribution is -0.136. The minimum absolute atomic E-state index is 0.00908. The quantitative estimate of drug-likeness (QED) is 0.214. The molecule has 3 amide bonds. The van der Waals surface area contributed by atoms with E-state index in [0.29, 0.717) is 37.7 Å². The zero-order chi connectivity index (χ0) is 39.5. The normalized spacial score (nSPS) is 24.2. The fourth-order valence-electron chi connectivity index (χ4n) is 10.7. The second-order valence-corrected chi connectivity index (χ2v) is 17.2. The van der Waals surface area contributed by atoms with Crippen molar-refractivity contribution in [3.63, 3.8) is 0 Å². The van der Waals surface area contributed by atoms with Gasteiger partial charge in [-0.2, -0.15) is 0 Å². The second-order valence-electron chi connectivity index (χ2n) is 17.2. The summed E-state index contributed by atoms with van der Waals surface area (Å²) >= 11 is 0. The Labute approximate surface area is 338 Å². The number of nitrogens with one attached hydrogen (secondary N) is 1. The zero-order valence-corrected chi connectivity index (χ0v) is 33.0. The second kappa shape index (κ2) is 14.7. The van der Waals surface area contributed by atoms with Crippen molar-refractivity contribution in [3.8, 4) is 23.0 Å². The van der Waals surface area contributed by atoms with E-state index in [0.717, 1.165) is 92.3 Å². The van der Waals surface area contributed by atoms with Gasteiger partial charge in [-0.25, -0.2) is 0 Å². The van der Waals surface area contributed by atoms with Gasteiger partial charge in [-0.1, -0.05) is 42.5 Å². The number of amides is 3. The first-order chi connectivity index (χ1) is 28.3. The first kappa shape index (κ1) is 36.8. The number of aromatic hydroxyl groups is 1. The highest BCUT2D eigenvalue weighted by Gasteiger charge is 2.46. The molecule has 300 valence electrons. The van der Waals surface area contributed by atoms with E-state index in [1.54, 1.807) is 24.1 Å². The van der Waals surface area contributed by atoms with E-state index in [1.165, 1.54) is 16.8 Å². The van der Waals surface area contributed by atoms with Crippen LogP contribution in [-0.4, -0.2) is 91.7 Å². The van der Waals surface area contributed by atoms with E-state index in [9.17, 15) is 19.5 Å². The largest absolute Gasteiger partial charge is 0.508 e. The highest BCUT2D eigenvalue weighted by molar-refractivity contribution is 6.05. The molecule has 0 radical (unpaired) electrons. The van der Waals surface area contributed by atoms with Crippen molar-refractivity contribution in [2.75, 3.05) is 57.9 Å². The number of hydrogen-bond acceptors (Lipinski definition) is 9. The smallest absolute Gasteiger partial charge is 0.255 e. The topological polar surface area (TPSA) is 121 Å². The minimum Gasteiger partial charge on any atom is -0.508 e. The molecular weight excluding hydrogens is 733 g/mol. The Morgan fingerprint density at radius 2 is 1.66 bits per heavy atom. The number of fused-ring (bicyclic) bond motifs is 4. The number of nitrogens with zero attached hydrogens (tertiary/aromatic N) is 3. The Kier molecular flexibility index (Phi) is 9.31. The number of carbonyl (C=O) groups is 3. The van der Waals surface area contributed by atoms with Crippen LogP contribution < -0.4 is 24.4 Å². The third-order valence-electron chi connectivity index (χ3n) is 13.9. The van der Waals surface area contributed by atoms with Crippen LogP contribution >= 0.6 is 0 Å². The first-order valence-electron chi connectivity index (χ1n) is 20.9. The van der Waals surface area contributed by atoms with Gasteiger partial charge in [0.15, 0.2) is 0 Å². The third kappa shape index (κ3) is 6.44. The van der Waals surface area contributed by atoms with Crippen LogP contribution in [0, 0.1) is 5.92 Å². The highest BCUT2D eigenvalue weighted by Crippen LogP contribution is 2.51. The molecule has 3 atom stereocenters. The molecule has 11 nitrogen and oxygen atoms in total. The van der Waals surface area contributed by atoms with Crippen LogP contribution in [0.4, 0.5) is 5.69 Å². The number of hydrogen-bond donors (Lipinski definition) is 2. The van der Waals surface area contributed by atoms with Crippen LogP contribution in [0.3, 0.4) is 0 Å². The Balaban J connectivity index is 0.775. The minimum atomic E-state index is -0.618. The Morgan fingerprint density at radius 3 is 2.43 bits per heavy atom. The van der Waals surface area contributed by atoms with Gasteiger partial charge >= 0.3 is 0 Å². The number of likely N-dealkylation sites (tertiary alicyclic amines) is 1. The number of ether oxygens (including phenoxy) is 3. The number of phenolic OH excluding ortho intramolecular Hbond substituents is 1. The van der Waals surface area contributed by atoms with Crippen LogP contribution in [-0.2, 0) is 21.5 Å². The van der Waals surface area contributed by atoms with Crippen molar-refractivity contribution in [1.29, 1.82) is 0 Å².